The van der Waals surface area contributed by atoms with Gasteiger partial charge in [0.05, 0.1) is 4.90 Å². The smallest absolute Gasteiger partial charge is 0.261 e. The third-order valence-electron chi connectivity index (χ3n) is 4.29. The van der Waals surface area contributed by atoms with E-state index in [1.807, 2.05) is 24.3 Å². The Morgan fingerprint density at radius 2 is 1.44 bits per heavy atom. The lowest BCUT2D eigenvalue weighted by Crippen LogP contribution is -2.25. The van der Waals surface area contributed by atoms with E-state index < -0.39 is 10.0 Å². The second-order valence-corrected chi connectivity index (χ2v) is 9.38. The molecule has 0 unspecified atom stereocenters. The normalized spacial score (nSPS) is 14.7. The molecule has 0 heterocycles. The fourth-order valence-electron chi connectivity index (χ4n) is 3.15. The topological polar surface area (TPSA) is 58.2 Å². The van der Waals surface area contributed by atoms with Gasteiger partial charge in [0.2, 0.25) is 0 Å². The quantitative estimate of drug-likeness (QED) is 0.841. The van der Waals surface area contributed by atoms with E-state index in [2.05, 4.69) is 30.8 Å². The highest BCUT2D eigenvalue weighted by Crippen LogP contribution is 2.26. The second kappa shape index (κ2) is 6.71. The molecule has 2 aromatic rings. The summed E-state index contributed by atoms with van der Waals surface area (Å²) in [7, 11) is -3.57. The first-order valence-electron chi connectivity index (χ1n) is 8.76. The number of anilines is 2. The van der Waals surface area contributed by atoms with Gasteiger partial charge in [-0.25, -0.2) is 8.42 Å². The van der Waals surface area contributed by atoms with Gasteiger partial charge in [-0.3, -0.25) is 4.72 Å². The van der Waals surface area contributed by atoms with Crippen molar-refractivity contribution in [1.29, 1.82) is 0 Å². The maximum Gasteiger partial charge on any atom is 0.261 e. The lowest BCUT2D eigenvalue weighted by Gasteiger charge is -2.22. The molecule has 0 spiro atoms. The van der Waals surface area contributed by atoms with Crippen LogP contribution in [0.3, 0.4) is 0 Å². The van der Waals surface area contributed by atoms with Crippen LogP contribution in [0.4, 0.5) is 11.4 Å². The van der Waals surface area contributed by atoms with E-state index in [0.29, 0.717) is 10.6 Å². The van der Waals surface area contributed by atoms with Gasteiger partial charge in [-0.1, -0.05) is 6.07 Å². The fourth-order valence-corrected chi connectivity index (χ4v) is 4.25. The SMILES string of the molecule is CC(C)(C)Nc1ccc(NS(=O)(=O)c2ccc3c(c2)CCCC3)cc1. The average Bonchev–Trinajstić information content (AvgIpc) is 2.55. The summed E-state index contributed by atoms with van der Waals surface area (Å²) in [5.74, 6) is 0. The van der Waals surface area contributed by atoms with Crippen molar-refractivity contribution in [2.75, 3.05) is 10.0 Å². The lowest BCUT2D eigenvalue weighted by atomic mass is 9.92. The molecule has 25 heavy (non-hydrogen) atoms. The average molecular weight is 359 g/mol. The van der Waals surface area contributed by atoms with Crippen LogP contribution in [-0.4, -0.2) is 14.0 Å². The molecule has 0 bridgehead atoms. The molecule has 3 rings (SSSR count). The molecule has 5 heteroatoms. The van der Waals surface area contributed by atoms with Gasteiger partial charge >= 0.3 is 0 Å². The van der Waals surface area contributed by atoms with Crippen molar-refractivity contribution in [3.63, 3.8) is 0 Å². The summed E-state index contributed by atoms with van der Waals surface area (Å²) in [5.41, 5.74) is 3.94. The van der Waals surface area contributed by atoms with Crippen molar-refractivity contribution >= 4 is 21.4 Å². The molecule has 0 amide bonds. The Morgan fingerprint density at radius 3 is 2.08 bits per heavy atom. The molecule has 2 aromatic carbocycles. The van der Waals surface area contributed by atoms with Crippen molar-refractivity contribution in [2.24, 2.45) is 0 Å². The van der Waals surface area contributed by atoms with Crippen LogP contribution in [0.15, 0.2) is 47.4 Å². The molecular formula is C20H26N2O2S. The van der Waals surface area contributed by atoms with E-state index in [9.17, 15) is 8.42 Å². The Labute approximate surface area is 150 Å². The predicted octanol–water partition coefficient (Wildman–Crippen LogP) is 4.58. The summed E-state index contributed by atoms with van der Waals surface area (Å²) in [5, 5.41) is 3.36. The van der Waals surface area contributed by atoms with Gasteiger partial charge in [0.25, 0.3) is 10.0 Å². The minimum Gasteiger partial charge on any atom is -0.380 e. The van der Waals surface area contributed by atoms with Gasteiger partial charge in [-0.2, -0.15) is 0 Å². The summed E-state index contributed by atoms with van der Waals surface area (Å²) in [6.07, 6.45) is 4.33. The largest absolute Gasteiger partial charge is 0.380 e. The molecule has 0 saturated heterocycles. The number of nitrogens with one attached hydrogen (secondary N) is 2. The van der Waals surface area contributed by atoms with Gasteiger partial charge in [0.15, 0.2) is 0 Å². The number of rotatable bonds is 4. The van der Waals surface area contributed by atoms with E-state index in [1.54, 1.807) is 18.2 Å². The highest BCUT2D eigenvalue weighted by atomic mass is 32.2. The molecule has 1 aliphatic rings. The van der Waals surface area contributed by atoms with Crippen LogP contribution in [0.25, 0.3) is 0 Å². The van der Waals surface area contributed by atoms with Gasteiger partial charge in [0.1, 0.15) is 0 Å². The third-order valence-corrected chi connectivity index (χ3v) is 5.67. The zero-order valence-corrected chi connectivity index (χ0v) is 15.9. The molecule has 0 radical (unpaired) electrons. The highest BCUT2D eigenvalue weighted by Gasteiger charge is 2.18. The maximum atomic E-state index is 12.7. The third kappa shape index (κ3) is 4.54. The zero-order valence-electron chi connectivity index (χ0n) is 15.1. The van der Waals surface area contributed by atoms with Crippen molar-refractivity contribution in [2.45, 2.75) is 56.9 Å². The van der Waals surface area contributed by atoms with E-state index in [-0.39, 0.29) is 5.54 Å². The summed E-state index contributed by atoms with van der Waals surface area (Å²) in [4.78, 5) is 0.338. The van der Waals surface area contributed by atoms with Crippen LogP contribution in [-0.2, 0) is 22.9 Å². The van der Waals surface area contributed by atoms with Crippen LogP contribution >= 0.6 is 0 Å². The summed E-state index contributed by atoms with van der Waals surface area (Å²) in [6, 6.07) is 12.8. The molecule has 0 aromatic heterocycles. The molecule has 0 aliphatic heterocycles. The minimum absolute atomic E-state index is 0.0375. The van der Waals surface area contributed by atoms with Crippen LogP contribution in [0.5, 0.6) is 0 Å². The van der Waals surface area contributed by atoms with E-state index in [1.165, 1.54) is 17.5 Å². The number of fused-ring (bicyclic) bond motifs is 1. The minimum atomic E-state index is -3.57. The molecule has 0 atom stereocenters. The maximum absolute atomic E-state index is 12.7. The highest BCUT2D eigenvalue weighted by molar-refractivity contribution is 7.92. The Morgan fingerprint density at radius 1 is 0.840 bits per heavy atom. The van der Waals surface area contributed by atoms with Crippen LogP contribution in [0, 0.1) is 0 Å². The molecule has 0 saturated carbocycles. The lowest BCUT2D eigenvalue weighted by molar-refractivity contribution is 0.600. The van der Waals surface area contributed by atoms with Crippen molar-refractivity contribution < 1.29 is 8.42 Å². The van der Waals surface area contributed by atoms with Crippen LogP contribution in [0.2, 0.25) is 0 Å². The summed E-state index contributed by atoms with van der Waals surface area (Å²) < 4.78 is 28.0. The fraction of sp³-hybridized carbons (Fsp3) is 0.400. The number of hydrogen-bond donors (Lipinski definition) is 2. The van der Waals surface area contributed by atoms with E-state index in [0.717, 1.165) is 24.9 Å². The summed E-state index contributed by atoms with van der Waals surface area (Å²) in [6.45, 7) is 6.25. The molecule has 4 nitrogen and oxygen atoms in total. The van der Waals surface area contributed by atoms with Crippen molar-refractivity contribution in [3.05, 3.63) is 53.6 Å². The Kier molecular flexibility index (Phi) is 4.78. The van der Waals surface area contributed by atoms with Crippen LogP contribution in [0.1, 0.15) is 44.7 Å². The number of aryl methyl sites for hydroxylation is 2. The van der Waals surface area contributed by atoms with E-state index >= 15 is 0 Å². The number of sulfonamides is 1. The Balaban J connectivity index is 1.77. The first-order chi connectivity index (χ1) is 11.7. The first-order valence-corrected chi connectivity index (χ1v) is 10.2. The van der Waals surface area contributed by atoms with Gasteiger partial charge in [-0.05, 0) is 94.0 Å². The van der Waals surface area contributed by atoms with Crippen molar-refractivity contribution in [3.8, 4) is 0 Å². The molecular weight excluding hydrogens is 332 g/mol. The monoisotopic (exact) mass is 358 g/mol. The second-order valence-electron chi connectivity index (χ2n) is 7.70. The number of hydrogen-bond acceptors (Lipinski definition) is 3. The van der Waals surface area contributed by atoms with E-state index in [4.69, 9.17) is 0 Å². The molecule has 134 valence electrons. The summed E-state index contributed by atoms with van der Waals surface area (Å²) >= 11 is 0. The predicted molar refractivity (Wildman–Crippen MR) is 104 cm³/mol. The molecule has 1 aliphatic carbocycles. The molecule has 2 N–H and O–H groups in total. The van der Waals surface area contributed by atoms with Gasteiger partial charge in [-0.15, -0.1) is 0 Å². The zero-order chi connectivity index (χ0) is 18.1. The Bertz CT molecular complexity index is 850. The number of benzene rings is 2. The standard InChI is InChI=1S/C20H26N2O2S/c1-20(2,3)21-17-9-11-18(12-10-17)22-25(23,24)19-13-8-15-6-4-5-7-16(15)14-19/h8-14,21-22H,4-7H2,1-3H3. The molecule has 0 fully saturated rings. The van der Waals surface area contributed by atoms with Crippen LogP contribution < -0.4 is 10.0 Å². The van der Waals surface area contributed by atoms with Gasteiger partial charge < -0.3 is 5.32 Å². The Hall–Kier alpha value is -2.01. The van der Waals surface area contributed by atoms with Gasteiger partial charge in [0, 0.05) is 16.9 Å². The van der Waals surface area contributed by atoms with Crippen molar-refractivity contribution in [1.82, 2.24) is 0 Å². The first kappa shape index (κ1) is 17.8.